The Balaban J connectivity index is 1.53. The molecule has 1 saturated heterocycles. The maximum Gasteiger partial charge on any atom is 0.417 e. The number of fused-ring (bicyclic) bond motifs is 1. The normalized spacial score (nSPS) is 16.2. The number of sulfonamides is 1. The van der Waals surface area contributed by atoms with Crippen LogP contribution >= 0.6 is 11.7 Å². The minimum Gasteiger partial charge on any atom is -0.336 e. The zero-order valence-electron chi connectivity index (χ0n) is 15.3. The van der Waals surface area contributed by atoms with E-state index in [9.17, 15) is 26.4 Å². The molecule has 1 aliphatic rings. The van der Waals surface area contributed by atoms with E-state index in [1.165, 1.54) is 27.4 Å². The van der Waals surface area contributed by atoms with E-state index in [1.54, 1.807) is 12.1 Å². The van der Waals surface area contributed by atoms with Gasteiger partial charge in [0.2, 0.25) is 10.0 Å². The number of alkyl halides is 3. The second-order valence-corrected chi connectivity index (χ2v) is 9.06. The van der Waals surface area contributed by atoms with E-state index < -0.39 is 33.2 Å². The number of hydrogen-bond acceptors (Lipinski definition) is 6. The summed E-state index contributed by atoms with van der Waals surface area (Å²) < 4.78 is 75.0. The molecule has 1 amide bonds. The van der Waals surface area contributed by atoms with Crippen molar-refractivity contribution in [3.63, 3.8) is 0 Å². The zero-order chi connectivity index (χ0) is 21.5. The van der Waals surface area contributed by atoms with Gasteiger partial charge in [0.25, 0.3) is 5.91 Å². The van der Waals surface area contributed by atoms with Crippen LogP contribution in [-0.4, -0.2) is 58.5 Å². The average molecular weight is 456 g/mol. The molecule has 0 atom stereocenters. The van der Waals surface area contributed by atoms with Gasteiger partial charge < -0.3 is 4.90 Å². The molecule has 3 aromatic rings. The molecule has 7 nitrogen and oxygen atoms in total. The van der Waals surface area contributed by atoms with Gasteiger partial charge >= 0.3 is 6.18 Å². The Hall–Kier alpha value is -2.57. The summed E-state index contributed by atoms with van der Waals surface area (Å²) in [5.41, 5.74) is -0.703. The van der Waals surface area contributed by atoms with E-state index >= 15 is 0 Å². The summed E-state index contributed by atoms with van der Waals surface area (Å²) in [4.78, 5) is 13.9. The fourth-order valence-corrected chi connectivity index (χ4v) is 5.52. The fourth-order valence-electron chi connectivity index (χ4n) is 3.35. The standard InChI is InChI=1S/C18H15F3N4O3S2/c19-18(20,21)13-5-2-1-4-12(13)17(26)24-8-10-25(11-9-24)30(27,28)15-7-3-6-14-16(15)23-29-22-14/h1-7H,8-11H2. The van der Waals surface area contributed by atoms with Gasteiger partial charge in [0, 0.05) is 26.2 Å². The molecule has 1 aromatic heterocycles. The van der Waals surface area contributed by atoms with Gasteiger partial charge in [-0.3, -0.25) is 4.79 Å². The molecular formula is C18H15F3N4O3S2. The molecule has 2 heterocycles. The SMILES string of the molecule is O=C(c1ccccc1C(F)(F)F)N1CCN(S(=O)(=O)c2cccc3nsnc23)CC1. The van der Waals surface area contributed by atoms with Gasteiger partial charge in [-0.15, -0.1) is 0 Å². The summed E-state index contributed by atoms with van der Waals surface area (Å²) in [5, 5.41) is 0. The van der Waals surface area contributed by atoms with Crippen LogP contribution < -0.4 is 0 Å². The molecule has 12 heteroatoms. The van der Waals surface area contributed by atoms with Crippen LogP contribution in [0.15, 0.2) is 47.4 Å². The van der Waals surface area contributed by atoms with Crippen LogP contribution in [-0.2, 0) is 16.2 Å². The number of aromatic nitrogens is 2. The first-order chi connectivity index (χ1) is 14.2. The molecule has 0 saturated carbocycles. The summed E-state index contributed by atoms with van der Waals surface area (Å²) in [7, 11) is -3.88. The highest BCUT2D eigenvalue weighted by molar-refractivity contribution is 7.89. The van der Waals surface area contributed by atoms with Crippen LogP contribution in [0.5, 0.6) is 0 Å². The second-order valence-electron chi connectivity index (χ2n) is 6.63. The summed E-state index contributed by atoms with van der Waals surface area (Å²) in [5.74, 6) is -0.772. The van der Waals surface area contributed by atoms with Crippen molar-refractivity contribution in [1.29, 1.82) is 0 Å². The third-order valence-corrected chi connectivity index (χ3v) is 7.33. The van der Waals surface area contributed by atoms with Crippen molar-refractivity contribution in [1.82, 2.24) is 18.0 Å². The van der Waals surface area contributed by atoms with Gasteiger partial charge in [0.1, 0.15) is 15.9 Å². The number of benzene rings is 2. The minimum atomic E-state index is -4.66. The minimum absolute atomic E-state index is 0.0183. The lowest BCUT2D eigenvalue weighted by molar-refractivity contribution is -0.138. The molecule has 0 radical (unpaired) electrons. The number of carbonyl (C=O) groups is 1. The second kappa shape index (κ2) is 7.60. The maximum atomic E-state index is 13.2. The Labute approximate surface area is 174 Å². The smallest absolute Gasteiger partial charge is 0.336 e. The highest BCUT2D eigenvalue weighted by Crippen LogP contribution is 2.33. The lowest BCUT2D eigenvalue weighted by Gasteiger charge is -2.34. The van der Waals surface area contributed by atoms with Crippen LogP contribution in [0.2, 0.25) is 0 Å². The zero-order valence-corrected chi connectivity index (χ0v) is 17.0. The van der Waals surface area contributed by atoms with E-state index in [4.69, 9.17) is 0 Å². The monoisotopic (exact) mass is 456 g/mol. The van der Waals surface area contributed by atoms with E-state index in [2.05, 4.69) is 8.75 Å². The Kier molecular flexibility index (Phi) is 5.24. The summed E-state index contributed by atoms with van der Waals surface area (Å²) in [6.07, 6.45) is -4.66. The molecule has 0 N–H and O–H groups in total. The number of amides is 1. The Morgan fingerprint density at radius 2 is 1.67 bits per heavy atom. The predicted octanol–water partition coefficient (Wildman–Crippen LogP) is 2.86. The highest BCUT2D eigenvalue weighted by atomic mass is 32.2. The maximum absolute atomic E-state index is 13.2. The first-order valence-electron chi connectivity index (χ1n) is 8.86. The summed E-state index contributed by atoms with van der Waals surface area (Å²) in [6.45, 7) is -0.0997. The number of carbonyl (C=O) groups excluding carboxylic acids is 1. The largest absolute Gasteiger partial charge is 0.417 e. The molecule has 0 unspecified atom stereocenters. The fraction of sp³-hybridized carbons (Fsp3) is 0.278. The van der Waals surface area contributed by atoms with Crippen molar-refractivity contribution in [2.45, 2.75) is 11.1 Å². The van der Waals surface area contributed by atoms with Gasteiger partial charge in [-0.2, -0.15) is 26.2 Å². The number of halogens is 3. The van der Waals surface area contributed by atoms with Crippen LogP contribution in [0, 0.1) is 0 Å². The van der Waals surface area contributed by atoms with Crippen molar-refractivity contribution in [2.75, 3.05) is 26.2 Å². The van der Waals surface area contributed by atoms with Crippen molar-refractivity contribution in [2.24, 2.45) is 0 Å². The Morgan fingerprint density at radius 3 is 2.37 bits per heavy atom. The Morgan fingerprint density at radius 1 is 0.967 bits per heavy atom. The van der Waals surface area contributed by atoms with Crippen molar-refractivity contribution < 1.29 is 26.4 Å². The number of hydrogen-bond donors (Lipinski definition) is 0. The molecule has 158 valence electrons. The number of nitrogens with zero attached hydrogens (tertiary/aromatic N) is 4. The van der Waals surface area contributed by atoms with Crippen molar-refractivity contribution in [3.05, 3.63) is 53.6 Å². The predicted molar refractivity (Wildman–Crippen MR) is 104 cm³/mol. The molecule has 2 aromatic carbocycles. The molecule has 0 spiro atoms. The van der Waals surface area contributed by atoms with Crippen LogP contribution in [0.3, 0.4) is 0 Å². The average Bonchev–Trinajstić information content (AvgIpc) is 3.21. The molecule has 0 bridgehead atoms. The molecular weight excluding hydrogens is 441 g/mol. The van der Waals surface area contributed by atoms with Gasteiger partial charge in [-0.1, -0.05) is 18.2 Å². The van der Waals surface area contributed by atoms with Gasteiger partial charge in [0.05, 0.1) is 22.9 Å². The first-order valence-corrected chi connectivity index (χ1v) is 11.0. The third kappa shape index (κ3) is 3.66. The van der Waals surface area contributed by atoms with Gasteiger partial charge in [-0.25, -0.2) is 8.42 Å². The lowest BCUT2D eigenvalue weighted by atomic mass is 10.1. The molecule has 4 rings (SSSR count). The number of piperazine rings is 1. The van der Waals surface area contributed by atoms with Crippen LogP contribution in [0.1, 0.15) is 15.9 Å². The summed E-state index contributed by atoms with van der Waals surface area (Å²) in [6, 6.07) is 9.25. The lowest BCUT2D eigenvalue weighted by Crippen LogP contribution is -2.50. The molecule has 1 fully saturated rings. The van der Waals surface area contributed by atoms with Gasteiger partial charge in [-0.05, 0) is 24.3 Å². The molecule has 0 aliphatic carbocycles. The van der Waals surface area contributed by atoms with Gasteiger partial charge in [0.15, 0.2) is 0 Å². The third-order valence-electron chi connectivity index (χ3n) is 4.86. The van der Waals surface area contributed by atoms with Crippen LogP contribution in [0.4, 0.5) is 13.2 Å². The topological polar surface area (TPSA) is 83.5 Å². The van der Waals surface area contributed by atoms with Crippen molar-refractivity contribution in [3.8, 4) is 0 Å². The van der Waals surface area contributed by atoms with E-state index in [1.807, 2.05) is 0 Å². The number of rotatable bonds is 3. The molecule has 1 aliphatic heterocycles. The molecule has 30 heavy (non-hydrogen) atoms. The summed E-state index contributed by atoms with van der Waals surface area (Å²) >= 11 is 0.907. The van der Waals surface area contributed by atoms with E-state index in [0.29, 0.717) is 5.52 Å². The Bertz CT molecular complexity index is 1200. The highest BCUT2D eigenvalue weighted by Gasteiger charge is 2.37. The van der Waals surface area contributed by atoms with E-state index in [-0.39, 0.29) is 36.6 Å². The quantitative estimate of drug-likeness (QED) is 0.605. The van der Waals surface area contributed by atoms with Crippen LogP contribution in [0.25, 0.3) is 11.0 Å². The van der Waals surface area contributed by atoms with Crippen molar-refractivity contribution >= 4 is 38.7 Å². The van der Waals surface area contributed by atoms with E-state index in [0.717, 1.165) is 23.9 Å². The first kappa shape index (κ1) is 20.7.